The van der Waals surface area contributed by atoms with Gasteiger partial charge in [0.1, 0.15) is 0 Å². The van der Waals surface area contributed by atoms with Crippen LogP contribution in [0.1, 0.15) is 32.6 Å². The molecule has 0 aliphatic carbocycles. The minimum absolute atomic E-state index is 0.159. The van der Waals surface area contributed by atoms with Gasteiger partial charge >= 0.3 is 0 Å². The van der Waals surface area contributed by atoms with E-state index < -0.39 is 10.8 Å². The summed E-state index contributed by atoms with van der Waals surface area (Å²) in [4.78, 5) is 15.0. The molecule has 22 heavy (non-hydrogen) atoms. The largest absolute Gasteiger partial charge is 0.340 e. The smallest absolute Gasteiger partial charge is 0.222 e. The van der Waals surface area contributed by atoms with E-state index >= 15 is 0 Å². The molecular formula is C16H23BrN2O2S. The normalized spacial score (nSPS) is 23.3. The van der Waals surface area contributed by atoms with Crippen LogP contribution in [0, 0.1) is 0 Å². The fraction of sp³-hybridized carbons (Fsp3) is 0.562. The minimum atomic E-state index is -1.04. The van der Waals surface area contributed by atoms with E-state index in [0.717, 1.165) is 28.8 Å². The van der Waals surface area contributed by atoms with E-state index in [1.54, 1.807) is 0 Å². The van der Waals surface area contributed by atoms with E-state index in [0.29, 0.717) is 18.6 Å². The van der Waals surface area contributed by atoms with Gasteiger partial charge < -0.3 is 10.6 Å². The van der Waals surface area contributed by atoms with Gasteiger partial charge in [-0.2, -0.15) is 0 Å². The first-order valence-corrected chi connectivity index (χ1v) is 9.77. The molecule has 4 nitrogen and oxygen atoms in total. The summed E-state index contributed by atoms with van der Waals surface area (Å²) in [5.74, 6) is 0.682. The Bertz CT molecular complexity index is 535. The number of nitrogens with two attached hydrogens (primary N) is 1. The zero-order valence-electron chi connectivity index (χ0n) is 12.8. The first-order valence-electron chi connectivity index (χ1n) is 7.66. The maximum absolute atomic E-state index is 12.3. The van der Waals surface area contributed by atoms with Crippen LogP contribution in [0.4, 0.5) is 0 Å². The third-order valence-electron chi connectivity index (χ3n) is 4.03. The Labute approximate surface area is 143 Å². The average Bonchev–Trinajstić information content (AvgIpc) is 2.47. The molecule has 3 atom stereocenters. The number of benzene rings is 1. The Balaban J connectivity index is 1.77. The van der Waals surface area contributed by atoms with E-state index in [1.165, 1.54) is 0 Å². The first-order chi connectivity index (χ1) is 10.5. The Morgan fingerprint density at radius 1 is 1.41 bits per heavy atom. The summed E-state index contributed by atoms with van der Waals surface area (Å²) < 4.78 is 13.1. The van der Waals surface area contributed by atoms with Crippen molar-refractivity contribution >= 4 is 32.6 Å². The lowest BCUT2D eigenvalue weighted by Gasteiger charge is -2.36. The summed E-state index contributed by atoms with van der Waals surface area (Å²) in [5, 5.41) is 0. The zero-order chi connectivity index (χ0) is 16.1. The van der Waals surface area contributed by atoms with Gasteiger partial charge in [-0.3, -0.25) is 9.00 Å². The Kier molecular flexibility index (Phi) is 6.59. The van der Waals surface area contributed by atoms with Crippen LogP contribution in [0.25, 0.3) is 0 Å². The summed E-state index contributed by atoms with van der Waals surface area (Å²) in [6.45, 7) is 2.80. The predicted molar refractivity (Wildman–Crippen MR) is 93.0 cm³/mol. The highest BCUT2D eigenvalue weighted by molar-refractivity contribution is 9.10. The SMILES string of the molecule is C[C@@H]1C[C@H](N)CCN1C(=O)CCC[S@](=O)c1ccc(Br)cc1. The van der Waals surface area contributed by atoms with Gasteiger partial charge in [0.2, 0.25) is 5.91 Å². The van der Waals surface area contributed by atoms with Crippen LogP contribution in [0.5, 0.6) is 0 Å². The van der Waals surface area contributed by atoms with Crippen molar-refractivity contribution in [1.29, 1.82) is 0 Å². The van der Waals surface area contributed by atoms with Crippen LogP contribution < -0.4 is 5.73 Å². The van der Waals surface area contributed by atoms with Gasteiger partial charge in [0.15, 0.2) is 0 Å². The molecule has 0 radical (unpaired) electrons. The van der Waals surface area contributed by atoms with Gasteiger partial charge in [-0.25, -0.2) is 0 Å². The standard InChI is InChI=1S/C16H23BrN2O2S/c1-12-11-14(18)8-9-19(12)16(20)3-2-10-22(21)15-6-4-13(17)5-7-15/h4-7,12,14H,2-3,8-11,18H2,1H3/t12-,14-,22+/m1/s1. The molecular weight excluding hydrogens is 364 g/mol. The number of carbonyl (C=O) groups is 1. The lowest BCUT2D eigenvalue weighted by atomic mass is 9.99. The maximum atomic E-state index is 12.3. The van der Waals surface area contributed by atoms with Crippen LogP contribution in [0.2, 0.25) is 0 Å². The molecule has 1 aromatic carbocycles. The lowest BCUT2D eigenvalue weighted by Crippen LogP contribution is -2.48. The van der Waals surface area contributed by atoms with E-state index in [1.807, 2.05) is 29.2 Å². The fourth-order valence-corrected chi connectivity index (χ4v) is 4.13. The molecule has 0 bridgehead atoms. The van der Waals surface area contributed by atoms with Crippen molar-refractivity contribution in [3.63, 3.8) is 0 Å². The number of likely N-dealkylation sites (tertiary alicyclic amines) is 1. The first kappa shape index (κ1) is 17.6. The molecule has 122 valence electrons. The van der Waals surface area contributed by atoms with Crippen LogP contribution in [0.3, 0.4) is 0 Å². The van der Waals surface area contributed by atoms with Crippen LogP contribution in [0.15, 0.2) is 33.6 Å². The highest BCUT2D eigenvalue weighted by Gasteiger charge is 2.26. The Morgan fingerprint density at radius 3 is 2.73 bits per heavy atom. The van der Waals surface area contributed by atoms with Crippen molar-refractivity contribution in [1.82, 2.24) is 4.90 Å². The minimum Gasteiger partial charge on any atom is -0.340 e. The number of nitrogens with zero attached hydrogens (tertiary/aromatic N) is 1. The number of piperidine rings is 1. The number of carbonyl (C=O) groups excluding carboxylic acids is 1. The van der Waals surface area contributed by atoms with Crippen molar-refractivity contribution in [2.45, 2.75) is 49.6 Å². The summed E-state index contributed by atoms with van der Waals surface area (Å²) in [6, 6.07) is 7.91. The van der Waals surface area contributed by atoms with E-state index in [9.17, 15) is 9.00 Å². The van der Waals surface area contributed by atoms with Crippen molar-refractivity contribution in [3.05, 3.63) is 28.7 Å². The van der Waals surface area contributed by atoms with Crippen molar-refractivity contribution in [2.75, 3.05) is 12.3 Å². The van der Waals surface area contributed by atoms with Gasteiger partial charge in [0.25, 0.3) is 0 Å². The molecule has 1 aliphatic rings. The van der Waals surface area contributed by atoms with Gasteiger partial charge in [-0.05, 0) is 50.5 Å². The second-order valence-corrected chi connectivity index (χ2v) is 8.31. The number of hydrogen-bond acceptors (Lipinski definition) is 3. The molecule has 1 heterocycles. The lowest BCUT2D eigenvalue weighted by molar-refractivity contribution is -0.134. The molecule has 0 spiro atoms. The summed E-state index contributed by atoms with van der Waals surface area (Å²) in [5.41, 5.74) is 5.92. The second kappa shape index (κ2) is 8.22. The van der Waals surface area contributed by atoms with Gasteiger partial charge in [-0.1, -0.05) is 15.9 Å². The summed E-state index contributed by atoms with van der Waals surface area (Å²) in [6.07, 6.45) is 2.86. The molecule has 1 amide bonds. The molecule has 2 rings (SSSR count). The predicted octanol–water partition coefficient (Wildman–Crippen LogP) is 2.68. The summed E-state index contributed by atoms with van der Waals surface area (Å²) >= 11 is 3.36. The number of amides is 1. The third-order valence-corrected chi connectivity index (χ3v) is 6.02. The van der Waals surface area contributed by atoms with Crippen molar-refractivity contribution in [2.24, 2.45) is 5.73 Å². The van der Waals surface area contributed by atoms with Gasteiger partial charge in [0, 0.05) is 40.2 Å². The summed E-state index contributed by atoms with van der Waals surface area (Å²) in [7, 11) is -1.04. The molecule has 1 fully saturated rings. The molecule has 0 unspecified atom stereocenters. The topological polar surface area (TPSA) is 63.4 Å². The molecule has 1 aromatic rings. The van der Waals surface area contributed by atoms with E-state index in [2.05, 4.69) is 22.9 Å². The van der Waals surface area contributed by atoms with Gasteiger partial charge in [-0.15, -0.1) is 0 Å². The van der Waals surface area contributed by atoms with E-state index in [4.69, 9.17) is 5.73 Å². The zero-order valence-corrected chi connectivity index (χ0v) is 15.2. The van der Waals surface area contributed by atoms with E-state index in [-0.39, 0.29) is 18.0 Å². The second-order valence-electron chi connectivity index (χ2n) is 5.83. The Morgan fingerprint density at radius 2 is 2.09 bits per heavy atom. The third kappa shape index (κ3) is 4.89. The number of halogens is 1. The highest BCUT2D eigenvalue weighted by Crippen LogP contribution is 2.18. The molecule has 0 aromatic heterocycles. The van der Waals surface area contributed by atoms with Gasteiger partial charge in [0.05, 0.1) is 10.8 Å². The monoisotopic (exact) mass is 386 g/mol. The maximum Gasteiger partial charge on any atom is 0.222 e. The average molecular weight is 387 g/mol. The highest BCUT2D eigenvalue weighted by atomic mass is 79.9. The van der Waals surface area contributed by atoms with Crippen LogP contribution in [-0.2, 0) is 15.6 Å². The fourth-order valence-electron chi connectivity index (χ4n) is 2.78. The van der Waals surface area contributed by atoms with Crippen LogP contribution >= 0.6 is 15.9 Å². The van der Waals surface area contributed by atoms with Crippen molar-refractivity contribution in [3.8, 4) is 0 Å². The van der Waals surface area contributed by atoms with Crippen molar-refractivity contribution < 1.29 is 9.00 Å². The molecule has 6 heteroatoms. The molecule has 0 saturated carbocycles. The number of rotatable bonds is 5. The number of hydrogen-bond donors (Lipinski definition) is 1. The van der Waals surface area contributed by atoms with Crippen LogP contribution in [-0.4, -0.2) is 39.4 Å². The molecule has 1 aliphatic heterocycles. The molecule has 2 N–H and O–H groups in total. The Hall–Kier alpha value is -0.720. The quantitative estimate of drug-likeness (QED) is 0.845. The molecule has 1 saturated heterocycles.